The van der Waals surface area contributed by atoms with Crippen LogP contribution in [0.15, 0.2) is 0 Å². The Labute approximate surface area is 310 Å². The Bertz CT molecular complexity index is 794. The van der Waals surface area contributed by atoms with Crippen molar-refractivity contribution in [2.75, 3.05) is 40.9 Å². The molecule has 2 N–H and O–H groups in total. The summed E-state index contributed by atoms with van der Waals surface area (Å²) in [5, 5.41) is 13.9. The number of unbranched alkanes of at least 4 members (excludes halogenated alkanes) is 26. The highest BCUT2D eigenvalue weighted by Gasteiger charge is 2.24. The average Bonchev–Trinajstić information content (AvgIpc) is 3.06. The van der Waals surface area contributed by atoms with Crippen LogP contribution >= 0.6 is 7.82 Å². The third-order valence-corrected chi connectivity index (χ3v) is 10.8. The van der Waals surface area contributed by atoms with Gasteiger partial charge in [0.2, 0.25) is 5.91 Å². The van der Waals surface area contributed by atoms with Crippen LogP contribution in [-0.2, 0) is 18.4 Å². The van der Waals surface area contributed by atoms with Crippen molar-refractivity contribution < 1.29 is 32.9 Å². The molecule has 0 rings (SSSR count). The Kier molecular flexibility index (Phi) is 33.9. The number of nitrogens with one attached hydrogen (secondary N) is 1. The Hall–Kier alpha value is -0.500. The fraction of sp³-hybridized carbons (Fsp3) is 0.976. The zero-order valence-electron chi connectivity index (χ0n) is 33.9. The summed E-state index contributed by atoms with van der Waals surface area (Å²) < 4.78 is 23.2. The molecule has 8 nitrogen and oxygen atoms in total. The maximum atomic E-state index is 12.8. The minimum absolute atomic E-state index is 0.0159. The molecule has 0 aromatic carbocycles. The first-order chi connectivity index (χ1) is 24.0. The van der Waals surface area contributed by atoms with Gasteiger partial charge in [-0.1, -0.05) is 187 Å². The van der Waals surface area contributed by atoms with E-state index in [-0.39, 0.29) is 19.1 Å². The molecule has 0 saturated carbocycles. The third kappa shape index (κ3) is 35.9. The van der Waals surface area contributed by atoms with Gasteiger partial charge in [-0.05, 0) is 12.8 Å². The number of carbonyl (C=O) groups is 1. The quantitative estimate of drug-likeness (QED) is 0.0370. The van der Waals surface area contributed by atoms with Crippen LogP contribution in [0.4, 0.5) is 0 Å². The van der Waals surface area contributed by atoms with Crippen LogP contribution in [0.2, 0.25) is 0 Å². The third-order valence-electron chi connectivity index (χ3n) is 9.85. The van der Waals surface area contributed by atoms with E-state index in [9.17, 15) is 19.4 Å². The lowest BCUT2D eigenvalue weighted by molar-refractivity contribution is -0.870. The number of aliphatic hydroxyl groups is 1. The molecule has 0 heterocycles. The average molecular weight is 733 g/mol. The summed E-state index contributed by atoms with van der Waals surface area (Å²) in [7, 11) is 1.31. The summed E-state index contributed by atoms with van der Waals surface area (Å²) in [5.74, 6) is -0.163. The van der Waals surface area contributed by atoms with Gasteiger partial charge in [-0.25, -0.2) is 0 Å². The Balaban J connectivity index is 4.37. The molecular weight excluding hydrogens is 647 g/mol. The first-order valence-corrected chi connectivity index (χ1v) is 22.8. The van der Waals surface area contributed by atoms with Gasteiger partial charge in [0.25, 0.3) is 7.82 Å². The van der Waals surface area contributed by atoms with E-state index in [4.69, 9.17) is 9.05 Å². The Morgan fingerprint density at radius 1 is 0.620 bits per heavy atom. The molecular formula is C41H85N2O6P. The van der Waals surface area contributed by atoms with Crippen LogP contribution < -0.4 is 10.2 Å². The number of likely N-dealkylation sites (N-methyl/N-ethyl adjacent to an activating group) is 1. The largest absolute Gasteiger partial charge is 0.756 e. The molecule has 0 fully saturated rings. The summed E-state index contributed by atoms with van der Waals surface area (Å²) in [6, 6.07) is -0.791. The SMILES string of the molecule is CCCCCCCCCCCCCCCCC(=O)N[C@@H](COP(=O)([O-])OCC[N+](C)(C)C)[C@H](O)CCCCCCCCCCCCCCCC. The molecule has 1 amide bonds. The molecule has 9 heteroatoms. The van der Waals surface area contributed by atoms with Crippen LogP contribution in [0.3, 0.4) is 0 Å². The first-order valence-electron chi connectivity index (χ1n) is 21.4. The number of aliphatic hydroxyl groups excluding tert-OH is 1. The van der Waals surface area contributed by atoms with Crippen LogP contribution in [0.5, 0.6) is 0 Å². The summed E-state index contributed by atoms with van der Waals surface area (Å²) in [4.78, 5) is 25.3. The van der Waals surface area contributed by atoms with Crippen molar-refractivity contribution in [2.24, 2.45) is 0 Å². The van der Waals surface area contributed by atoms with E-state index in [1.54, 1.807) is 0 Å². The van der Waals surface area contributed by atoms with Gasteiger partial charge in [-0.2, -0.15) is 0 Å². The van der Waals surface area contributed by atoms with Crippen molar-refractivity contribution in [1.82, 2.24) is 5.32 Å². The molecule has 0 bridgehead atoms. The number of phosphoric acid groups is 1. The summed E-state index contributed by atoms with van der Waals surface area (Å²) in [6.45, 7) is 4.73. The molecule has 0 aliphatic rings. The molecule has 0 spiro atoms. The van der Waals surface area contributed by atoms with E-state index < -0.39 is 20.0 Å². The van der Waals surface area contributed by atoms with Crippen molar-refractivity contribution in [3.05, 3.63) is 0 Å². The van der Waals surface area contributed by atoms with Crippen molar-refractivity contribution >= 4 is 13.7 Å². The molecule has 0 saturated heterocycles. The lowest BCUT2D eigenvalue weighted by Gasteiger charge is -2.30. The normalized spacial score (nSPS) is 14.5. The summed E-state index contributed by atoms with van der Waals surface area (Å²) >= 11 is 0. The van der Waals surface area contributed by atoms with Crippen LogP contribution in [0.1, 0.15) is 206 Å². The number of hydrogen-bond donors (Lipinski definition) is 2. The van der Waals surface area contributed by atoms with Gasteiger partial charge in [-0.3, -0.25) is 9.36 Å². The van der Waals surface area contributed by atoms with Crippen molar-refractivity contribution in [2.45, 2.75) is 219 Å². The van der Waals surface area contributed by atoms with E-state index in [0.29, 0.717) is 23.9 Å². The predicted molar refractivity (Wildman–Crippen MR) is 210 cm³/mol. The highest BCUT2D eigenvalue weighted by molar-refractivity contribution is 7.45. The van der Waals surface area contributed by atoms with Gasteiger partial charge in [-0.15, -0.1) is 0 Å². The topological polar surface area (TPSA) is 108 Å². The number of amides is 1. The molecule has 300 valence electrons. The fourth-order valence-electron chi connectivity index (χ4n) is 6.39. The highest BCUT2D eigenvalue weighted by atomic mass is 31.2. The van der Waals surface area contributed by atoms with E-state index in [0.717, 1.165) is 38.5 Å². The zero-order chi connectivity index (χ0) is 37.2. The van der Waals surface area contributed by atoms with Gasteiger partial charge in [0.15, 0.2) is 0 Å². The molecule has 0 aliphatic carbocycles. The maximum absolute atomic E-state index is 12.8. The monoisotopic (exact) mass is 733 g/mol. The van der Waals surface area contributed by atoms with Gasteiger partial charge in [0, 0.05) is 6.42 Å². The number of carbonyl (C=O) groups excluding carboxylic acids is 1. The van der Waals surface area contributed by atoms with E-state index >= 15 is 0 Å². The number of nitrogens with zero attached hydrogens (tertiary/aromatic N) is 1. The minimum Gasteiger partial charge on any atom is -0.756 e. The molecule has 3 atom stereocenters. The second kappa shape index (κ2) is 34.3. The number of hydrogen-bond acceptors (Lipinski definition) is 6. The number of phosphoric ester groups is 1. The lowest BCUT2D eigenvalue weighted by atomic mass is 10.0. The van der Waals surface area contributed by atoms with Gasteiger partial charge in [0.1, 0.15) is 13.2 Å². The second-order valence-corrected chi connectivity index (χ2v) is 17.5. The van der Waals surface area contributed by atoms with Crippen molar-refractivity contribution in [3.8, 4) is 0 Å². The van der Waals surface area contributed by atoms with Crippen molar-refractivity contribution in [3.63, 3.8) is 0 Å². The van der Waals surface area contributed by atoms with Gasteiger partial charge in [0.05, 0.1) is 39.9 Å². The predicted octanol–water partition coefficient (Wildman–Crippen LogP) is 10.8. The van der Waals surface area contributed by atoms with Crippen LogP contribution in [0.25, 0.3) is 0 Å². The first kappa shape index (κ1) is 49.5. The molecule has 0 aromatic rings. The van der Waals surface area contributed by atoms with Crippen LogP contribution in [-0.4, -0.2) is 68.5 Å². The summed E-state index contributed by atoms with van der Waals surface area (Å²) in [5.41, 5.74) is 0. The van der Waals surface area contributed by atoms with Gasteiger partial charge < -0.3 is 28.8 Å². The molecule has 0 aromatic heterocycles. The number of quaternary nitrogens is 1. The Morgan fingerprint density at radius 3 is 1.36 bits per heavy atom. The number of rotatable bonds is 39. The van der Waals surface area contributed by atoms with Gasteiger partial charge >= 0.3 is 0 Å². The Morgan fingerprint density at radius 2 is 0.980 bits per heavy atom. The molecule has 0 aliphatic heterocycles. The van der Waals surface area contributed by atoms with Crippen LogP contribution in [0, 0.1) is 0 Å². The molecule has 50 heavy (non-hydrogen) atoms. The highest BCUT2D eigenvalue weighted by Crippen LogP contribution is 2.38. The smallest absolute Gasteiger partial charge is 0.268 e. The lowest BCUT2D eigenvalue weighted by Crippen LogP contribution is -2.46. The molecule has 0 radical (unpaired) electrons. The fourth-order valence-corrected chi connectivity index (χ4v) is 7.12. The van der Waals surface area contributed by atoms with Crippen molar-refractivity contribution in [1.29, 1.82) is 0 Å². The molecule has 1 unspecified atom stereocenters. The van der Waals surface area contributed by atoms with E-state index in [1.807, 2.05) is 21.1 Å². The second-order valence-electron chi connectivity index (χ2n) is 16.1. The zero-order valence-corrected chi connectivity index (χ0v) is 34.8. The standard InChI is InChI=1S/C41H85N2O6P/c1-6-8-10-12-14-16-18-20-22-24-26-28-30-32-34-40(44)39(38-49-50(46,47)48-37-36-43(3,4)5)42-41(45)35-33-31-29-27-25-23-21-19-17-15-13-11-9-7-2/h39-40,44H,6-38H2,1-5H3,(H-,42,45,46,47)/t39-,40+/m0/s1. The van der Waals surface area contributed by atoms with E-state index in [1.165, 1.54) is 141 Å². The van der Waals surface area contributed by atoms with E-state index in [2.05, 4.69) is 19.2 Å². The summed E-state index contributed by atoms with van der Waals surface area (Å²) in [6.07, 6.45) is 35.2. The minimum atomic E-state index is -4.55. The maximum Gasteiger partial charge on any atom is 0.268 e.